The maximum Gasteiger partial charge on any atom is 0.231 e. The molecular weight excluding hydrogens is 176 g/mol. The van der Waals surface area contributed by atoms with Crippen LogP contribution >= 0.6 is 11.6 Å². The van der Waals surface area contributed by atoms with Gasteiger partial charge in [-0.25, -0.2) is 0 Å². The van der Waals surface area contributed by atoms with Crippen molar-refractivity contribution in [1.82, 2.24) is 0 Å². The van der Waals surface area contributed by atoms with Crippen LogP contribution in [0.25, 0.3) is 0 Å². The second kappa shape index (κ2) is 2.87. The van der Waals surface area contributed by atoms with E-state index in [-0.39, 0.29) is 0 Å². The maximum absolute atomic E-state index is 5.97. The normalized spacial score (nSPS) is 13.5. The summed E-state index contributed by atoms with van der Waals surface area (Å²) in [7, 11) is 0. The zero-order chi connectivity index (χ0) is 8.55. The minimum atomic E-state index is 0.308. The quantitative estimate of drug-likeness (QED) is 0.668. The van der Waals surface area contributed by atoms with Gasteiger partial charge in [-0.2, -0.15) is 0 Å². The van der Waals surface area contributed by atoms with Gasteiger partial charge in [-0.3, -0.25) is 0 Å². The van der Waals surface area contributed by atoms with Crippen LogP contribution in [0.1, 0.15) is 12.5 Å². The molecule has 1 aliphatic rings. The van der Waals surface area contributed by atoms with Crippen LogP contribution in [0.3, 0.4) is 0 Å². The van der Waals surface area contributed by atoms with Crippen LogP contribution in [0, 0.1) is 0 Å². The van der Waals surface area contributed by atoms with Crippen LogP contribution in [-0.2, 0) is 6.42 Å². The second-order valence-electron chi connectivity index (χ2n) is 2.61. The van der Waals surface area contributed by atoms with Crippen LogP contribution in [0.2, 0.25) is 5.02 Å². The van der Waals surface area contributed by atoms with Crippen molar-refractivity contribution in [3.63, 3.8) is 0 Å². The second-order valence-corrected chi connectivity index (χ2v) is 3.02. The van der Waals surface area contributed by atoms with Crippen LogP contribution in [-0.4, -0.2) is 6.79 Å². The molecule has 2 nitrogen and oxygen atoms in total. The fraction of sp³-hybridized carbons (Fsp3) is 0.333. The average Bonchev–Trinajstić information content (AvgIpc) is 2.52. The van der Waals surface area contributed by atoms with Gasteiger partial charge < -0.3 is 9.47 Å². The fourth-order valence-electron chi connectivity index (χ4n) is 1.34. The summed E-state index contributed by atoms with van der Waals surface area (Å²) in [5.41, 5.74) is 1.03. The molecule has 1 aromatic rings. The molecule has 0 atom stereocenters. The molecule has 0 amide bonds. The van der Waals surface area contributed by atoms with Crippen LogP contribution in [0.4, 0.5) is 0 Å². The van der Waals surface area contributed by atoms with Gasteiger partial charge in [-0.15, -0.1) is 0 Å². The van der Waals surface area contributed by atoms with E-state index < -0.39 is 0 Å². The molecule has 0 unspecified atom stereocenters. The Hall–Kier alpha value is -0.890. The highest BCUT2D eigenvalue weighted by Crippen LogP contribution is 2.39. The lowest BCUT2D eigenvalue weighted by Crippen LogP contribution is -1.94. The number of hydrogen-bond acceptors (Lipinski definition) is 2. The van der Waals surface area contributed by atoms with Crippen molar-refractivity contribution in [1.29, 1.82) is 0 Å². The first-order valence-corrected chi connectivity index (χ1v) is 4.27. The number of fused-ring (bicyclic) bond motifs is 1. The molecule has 0 radical (unpaired) electrons. The van der Waals surface area contributed by atoms with Crippen molar-refractivity contribution >= 4 is 11.6 Å². The first-order valence-electron chi connectivity index (χ1n) is 3.90. The lowest BCUT2D eigenvalue weighted by molar-refractivity contribution is 0.173. The number of benzene rings is 1. The molecule has 1 heterocycles. The zero-order valence-electron chi connectivity index (χ0n) is 6.76. The molecule has 0 aromatic heterocycles. The van der Waals surface area contributed by atoms with Gasteiger partial charge in [-0.1, -0.05) is 18.5 Å². The Morgan fingerprint density at radius 1 is 1.42 bits per heavy atom. The molecule has 12 heavy (non-hydrogen) atoms. The number of hydrogen-bond donors (Lipinski definition) is 0. The molecule has 2 rings (SSSR count). The summed E-state index contributed by atoms with van der Waals surface area (Å²) in [6.45, 7) is 2.35. The van der Waals surface area contributed by atoms with E-state index in [0.717, 1.165) is 28.5 Å². The first-order chi connectivity index (χ1) is 5.83. The summed E-state index contributed by atoms with van der Waals surface area (Å²) >= 11 is 5.97. The van der Waals surface area contributed by atoms with E-state index in [1.807, 2.05) is 19.1 Å². The van der Waals surface area contributed by atoms with Crippen molar-refractivity contribution < 1.29 is 9.47 Å². The summed E-state index contributed by atoms with van der Waals surface area (Å²) < 4.78 is 10.5. The van der Waals surface area contributed by atoms with Crippen molar-refractivity contribution in [2.24, 2.45) is 0 Å². The number of rotatable bonds is 1. The Morgan fingerprint density at radius 2 is 2.25 bits per heavy atom. The van der Waals surface area contributed by atoms with Crippen molar-refractivity contribution in [2.75, 3.05) is 6.79 Å². The van der Waals surface area contributed by atoms with E-state index in [1.165, 1.54) is 0 Å². The minimum Gasteiger partial charge on any atom is -0.454 e. The largest absolute Gasteiger partial charge is 0.454 e. The van der Waals surface area contributed by atoms with Gasteiger partial charge in [-0.05, 0) is 18.6 Å². The van der Waals surface area contributed by atoms with Crippen molar-refractivity contribution in [2.45, 2.75) is 13.3 Å². The van der Waals surface area contributed by atoms with E-state index in [1.54, 1.807) is 0 Å². The molecule has 0 bridgehead atoms. The predicted octanol–water partition coefficient (Wildman–Crippen LogP) is 2.63. The van der Waals surface area contributed by atoms with Gasteiger partial charge in [0.25, 0.3) is 0 Å². The minimum absolute atomic E-state index is 0.308. The highest BCUT2D eigenvalue weighted by Gasteiger charge is 2.18. The molecule has 1 aliphatic heterocycles. The third kappa shape index (κ3) is 1.03. The maximum atomic E-state index is 5.97. The van der Waals surface area contributed by atoms with Gasteiger partial charge in [0.05, 0.1) is 0 Å². The molecule has 0 aliphatic carbocycles. The molecule has 3 heteroatoms. The van der Waals surface area contributed by atoms with E-state index in [9.17, 15) is 0 Å². The zero-order valence-corrected chi connectivity index (χ0v) is 7.52. The Balaban J connectivity index is 2.57. The van der Waals surface area contributed by atoms with E-state index >= 15 is 0 Å². The lowest BCUT2D eigenvalue weighted by Gasteiger charge is -2.04. The molecule has 0 saturated heterocycles. The van der Waals surface area contributed by atoms with Gasteiger partial charge in [0.2, 0.25) is 6.79 Å². The SMILES string of the molecule is CCc1c(Cl)ccc2c1OCO2. The molecule has 0 spiro atoms. The van der Waals surface area contributed by atoms with Gasteiger partial charge in [0, 0.05) is 10.6 Å². The van der Waals surface area contributed by atoms with Crippen LogP contribution < -0.4 is 9.47 Å². The first kappa shape index (κ1) is 7.74. The molecule has 1 aromatic carbocycles. The molecule has 0 saturated carbocycles. The Labute approximate surface area is 76.1 Å². The third-order valence-electron chi connectivity index (χ3n) is 1.94. The topological polar surface area (TPSA) is 18.5 Å². The Kier molecular flexibility index (Phi) is 1.85. The Morgan fingerprint density at radius 3 is 3.00 bits per heavy atom. The van der Waals surface area contributed by atoms with Gasteiger partial charge >= 0.3 is 0 Å². The summed E-state index contributed by atoms with van der Waals surface area (Å²) in [4.78, 5) is 0. The number of ether oxygens (including phenoxy) is 2. The summed E-state index contributed by atoms with van der Waals surface area (Å²) in [6, 6.07) is 3.68. The van der Waals surface area contributed by atoms with E-state index in [4.69, 9.17) is 21.1 Å². The molecule has 64 valence electrons. The van der Waals surface area contributed by atoms with Crippen molar-refractivity contribution in [3.8, 4) is 11.5 Å². The highest BCUT2D eigenvalue weighted by molar-refractivity contribution is 6.31. The molecule has 0 N–H and O–H groups in total. The smallest absolute Gasteiger partial charge is 0.231 e. The monoisotopic (exact) mass is 184 g/mol. The Bertz CT molecular complexity index is 310. The summed E-state index contributed by atoms with van der Waals surface area (Å²) in [5, 5.41) is 0.752. The van der Waals surface area contributed by atoms with Gasteiger partial charge in [0.15, 0.2) is 11.5 Å². The third-order valence-corrected chi connectivity index (χ3v) is 2.29. The fourth-order valence-corrected chi connectivity index (χ4v) is 1.62. The van der Waals surface area contributed by atoms with Crippen molar-refractivity contribution in [3.05, 3.63) is 22.7 Å². The van der Waals surface area contributed by atoms with E-state index in [2.05, 4.69) is 0 Å². The predicted molar refractivity (Wildman–Crippen MR) is 47.0 cm³/mol. The van der Waals surface area contributed by atoms with Gasteiger partial charge in [0.1, 0.15) is 0 Å². The van der Waals surface area contributed by atoms with Crippen LogP contribution in [0.15, 0.2) is 12.1 Å². The molecule has 0 fully saturated rings. The van der Waals surface area contributed by atoms with E-state index in [0.29, 0.717) is 6.79 Å². The molecular formula is C9H9ClO2. The lowest BCUT2D eigenvalue weighted by atomic mass is 10.1. The summed E-state index contributed by atoms with van der Waals surface area (Å²) in [5.74, 6) is 1.61. The standard InChI is InChI=1S/C9H9ClO2/c1-2-6-7(10)3-4-8-9(6)12-5-11-8/h3-4H,2,5H2,1H3. The van der Waals surface area contributed by atoms with Crippen LogP contribution in [0.5, 0.6) is 11.5 Å². The summed E-state index contributed by atoms with van der Waals surface area (Å²) in [6.07, 6.45) is 0.866. The average molecular weight is 185 g/mol. The highest BCUT2D eigenvalue weighted by atomic mass is 35.5. The number of halogens is 1.